The molecule has 0 atom stereocenters. The van der Waals surface area contributed by atoms with Crippen molar-refractivity contribution in [2.75, 3.05) is 6.26 Å². The van der Waals surface area contributed by atoms with Gasteiger partial charge in [0.05, 0.1) is 5.02 Å². The second kappa shape index (κ2) is 4.17. The smallest absolute Gasteiger partial charge is 0.355 e. The molecule has 0 aliphatic heterocycles. The molecule has 70 valence electrons. The number of thioether (sulfide) groups is 1. The molecular formula is C7H5Cl2NO2S. The topological polar surface area (TPSA) is 50.2 Å². The monoisotopic (exact) mass is 237 g/mol. The van der Waals surface area contributed by atoms with Crippen LogP contribution < -0.4 is 0 Å². The third-order valence-corrected chi connectivity index (χ3v) is 2.74. The number of aromatic nitrogens is 1. The first-order chi connectivity index (χ1) is 6.06. The van der Waals surface area contributed by atoms with Crippen LogP contribution in [0.25, 0.3) is 0 Å². The van der Waals surface area contributed by atoms with E-state index in [4.69, 9.17) is 28.3 Å². The predicted molar refractivity (Wildman–Crippen MR) is 53.0 cm³/mol. The van der Waals surface area contributed by atoms with E-state index >= 15 is 0 Å². The van der Waals surface area contributed by atoms with Crippen LogP contribution in [0.5, 0.6) is 0 Å². The maximum absolute atomic E-state index is 10.7. The molecule has 0 aliphatic rings. The lowest BCUT2D eigenvalue weighted by molar-refractivity contribution is 0.0686. The highest BCUT2D eigenvalue weighted by Crippen LogP contribution is 2.27. The van der Waals surface area contributed by atoms with Crippen LogP contribution in [0.4, 0.5) is 0 Å². The van der Waals surface area contributed by atoms with E-state index in [1.54, 1.807) is 6.26 Å². The Kier molecular flexibility index (Phi) is 3.41. The molecule has 0 unspecified atom stereocenters. The van der Waals surface area contributed by atoms with Crippen molar-refractivity contribution in [2.45, 2.75) is 4.90 Å². The lowest BCUT2D eigenvalue weighted by atomic mass is 10.3. The van der Waals surface area contributed by atoms with Crippen LogP contribution in [0, 0.1) is 0 Å². The van der Waals surface area contributed by atoms with Crippen LogP contribution in [0.2, 0.25) is 10.2 Å². The lowest BCUT2D eigenvalue weighted by Gasteiger charge is -2.03. The highest BCUT2D eigenvalue weighted by Gasteiger charge is 2.14. The number of rotatable bonds is 2. The van der Waals surface area contributed by atoms with Crippen molar-refractivity contribution in [1.29, 1.82) is 0 Å². The standard InChI is InChI=1S/C7H5Cl2NO2S/c1-13-4-2-3(8)6(9)10-5(4)7(11)12/h2H,1H3,(H,11,12). The fraction of sp³-hybridized carbons (Fsp3) is 0.143. The van der Waals surface area contributed by atoms with Crippen molar-refractivity contribution in [3.05, 3.63) is 21.9 Å². The molecule has 0 fully saturated rings. The van der Waals surface area contributed by atoms with Gasteiger partial charge in [-0.1, -0.05) is 23.2 Å². The summed E-state index contributed by atoms with van der Waals surface area (Å²) in [5.74, 6) is -1.11. The van der Waals surface area contributed by atoms with Gasteiger partial charge in [0.1, 0.15) is 5.15 Å². The molecule has 3 nitrogen and oxygen atoms in total. The van der Waals surface area contributed by atoms with E-state index in [-0.39, 0.29) is 15.9 Å². The number of hydrogen-bond acceptors (Lipinski definition) is 3. The molecule has 0 bridgehead atoms. The molecule has 1 aromatic heterocycles. The normalized spacial score (nSPS) is 10.1. The zero-order chi connectivity index (χ0) is 10.0. The molecule has 0 saturated carbocycles. The first-order valence-electron chi connectivity index (χ1n) is 3.19. The summed E-state index contributed by atoms with van der Waals surface area (Å²) >= 11 is 12.5. The number of carboxylic acids is 1. The van der Waals surface area contributed by atoms with Gasteiger partial charge in [0.15, 0.2) is 5.69 Å². The van der Waals surface area contributed by atoms with Gasteiger partial charge in [0, 0.05) is 4.90 Å². The molecule has 0 spiro atoms. The second-order valence-electron chi connectivity index (χ2n) is 2.12. The average molecular weight is 238 g/mol. The van der Waals surface area contributed by atoms with E-state index in [2.05, 4.69) is 4.98 Å². The maximum atomic E-state index is 10.7. The minimum absolute atomic E-state index is 0.0110. The summed E-state index contributed by atoms with van der Waals surface area (Å²) in [5, 5.41) is 9.01. The summed E-state index contributed by atoms with van der Waals surface area (Å²) in [6, 6.07) is 1.49. The molecule has 6 heteroatoms. The van der Waals surface area contributed by atoms with Crippen molar-refractivity contribution < 1.29 is 9.90 Å². The Morgan fingerprint density at radius 2 is 2.23 bits per heavy atom. The first kappa shape index (κ1) is 10.6. The Balaban J connectivity index is 3.33. The summed E-state index contributed by atoms with van der Waals surface area (Å²) in [4.78, 5) is 14.8. The molecule has 0 aliphatic carbocycles. The summed E-state index contributed by atoms with van der Waals surface area (Å²) in [6.07, 6.45) is 1.74. The fourth-order valence-corrected chi connectivity index (χ4v) is 1.68. The molecule has 13 heavy (non-hydrogen) atoms. The van der Waals surface area contributed by atoms with E-state index in [1.807, 2.05) is 0 Å². The Morgan fingerprint density at radius 1 is 1.62 bits per heavy atom. The highest BCUT2D eigenvalue weighted by molar-refractivity contribution is 7.98. The van der Waals surface area contributed by atoms with Crippen LogP contribution in [0.15, 0.2) is 11.0 Å². The largest absolute Gasteiger partial charge is 0.476 e. The van der Waals surface area contributed by atoms with Gasteiger partial charge in [-0.3, -0.25) is 0 Å². The summed E-state index contributed by atoms with van der Waals surface area (Å²) < 4.78 is 0. The van der Waals surface area contributed by atoms with Crippen molar-refractivity contribution in [3.8, 4) is 0 Å². The highest BCUT2D eigenvalue weighted by atomic mass is 35.5. The van der Waals surface area contributed by atoms with Crippen molar-refractivity contribution in [3.63, 3.8) is 0 Å². The van der Waals surface area contributed by atoms with E-state index in [0.29, 0.717) is 4.90 Å². The first-order valence-corrected chi connectivity index (χ1v) is 5.17. The quantitative estimate of drug-likeness (QED) is 0.635. The van der Waals surface area contributed by atoms with E-state index in [0.717, 1.165) is 0 Å². The van der Waals surface area contributed by atoms with Gasteiger partial charge >= 0.3 is 5.97 Å². The Morgan fingerprint density at radius 3 is 2.69 bits per heavy atom. The van der Waals surface area contributed by atoms with Crippen molar-refractivity contribution in [2.24, 2.45) is 0 Å². The van der Waals surface area contributed by atoms with Gasteiger partial charge in [0.2, 0.25) is 0 Å². The molecule has 1 heterocycles. The maximum Gasteiger partial charge on any atom is 0.355 e. The van der Waals surface area contributed by atoms with Gasteiger partial charge in [-0.05, 0) is 12.3 Å². The van der Waals surface area contributed by atoms with Crippen LogP contribution in [-0.2, 0) is 0 Å². The van der Waals surface area contributed by atoms with Crippen LogP contribution in [0.3, 0.4) is 0 Å². The van der Waals surface area contributed by atoms with Gasteiger partial charge in [-0.15, -0.1) is 11.8 Å². The zero-order valence-electron chi connectivity index (χ0n) is 6.54. The van der Waals surface area contributed by atoms with Gasteiger partial charge in [-0.2, -0.15) is 0 Å². The van der Waals surface area contributed by atoms with Crippen molar-refractivity contribution >= 4 is 40.9 Å². The second-order valence-corrected chi connectivity index (χ2v) is 3.73. The molecule has 0 radical (unpaired) electrons. The number of hydrogen-bond donors (Lipinski definition) is 1. The number of halogens is 2. The minimum Gasteiger partial charge on any atom is -0.476 e. The molecular weight excluding hydrogens is 233 g/mol. The number of aromatic carboxylic acids is 1. The fourth-order valence-electron chi connectivity index (χ4n) is 0.758. The van der Waals surface area contributed by atoms with E-state index in [9.17, 15) is 4.79 Å². The van der Waals surface area contributed by atoms with Crippen molar-refractivity contribution in [1.82, 2.24) is 4.98 Å². The molecule has 0 amide bonds. The SMILES string of the molecule is CSc1cc(Cl)c(Cl)nc1C(=O)O. The Labute approximate surface area is 89.1 Å². The summed E-state index contributed by atoms with van der Waals surface area (Å²) in [7, 11) is 0. The number of nitrogens with zero attached hydrogens (tertiary/aromatic N) is 1. The predicted octanol–water partition coefficient (Wildman–Crippen LogP) is 2.81. The number of carbonyl (C=O) groups is 1. The Hall–Kier alpha value is -0.450. The summed E-state index contributed by atoms with van der Waals surface area (Å²) in [5.41, 5.74) is -0.0677. The zero-order valence-corrected chi connectivity index (χ0v) is 8.87. The molecule has 1 N–H and O–H groups in total. The third kappa shape index (κ3) is 2.27. The van der Waals surface area contributed by atoms with Gasteiger partial charge < -0.3 is 5.11 Å². The number of carboxylic acid groups (broad SMARTS) is 1. The molecule has 1 aromatic rings. The molecule has 0 aromatic carbocycles. The van der Waals surface area contributed by atoms with Gasteiger partial charge in [0.25, 0.3) is 0 Å². The van der Waals surface area contributed by atoms with Crippen LogP contribution in [0.1, 0.15) is 10.5 Å². The number of pyridine rings is 1. The molecule has 0 saturated heterocycles. The Bertz CT molecular complexity index is 357. The lowest BCUT2D eigenvalue weighted by Crippen LogP contribution is -2.02. The minimum atomic E-state index is -1.11. The van der Waals surface area contributed by atoms with Crippen LogP contribution in [-0.4, -0.2) is 22.3 Å². The molecule has 1 rings (SSSR count). The third-order valence-electron chi connectivity index (χ3n) is 1.32. The van der Waals surface area contributed by atoms with Gasteiger partial charge in [-0.25, -0.2) is 9.78 Å². The summed E-state index contributed by atoms with van der Waals surface area (Å²) in [6.45, 7) is 0. The average Bonchev–Trinajstić information content (AvgIpc) is 2.08. The van der Waals surface area contributed by atoms with E-state index in [1.165, 1.54) is 17.8 Å². The van der Waals surface area contributed by atoms with E-state index < -0.39 is 5.97 Å². The van der Waals surface area contributed by atoms with Crippen LogP contribution >= 0.6 is 35.0 Å².